The largest absolute Gasteiger partial charge is 0.461 e. The quantitative estimate of drug-likeness (QED) is 0.325. The van der Waals surface area contributed by atoms with Crippen molar-refractivity contribution in [2.45, 2.75) is 0 Å². The molecule has 0 amide bonds. The Labute approximate surface area is 142 Å². The summed E-state index contributed by atoms with van der Waals surface area (Å²) < 4.78 is 56.9. The zero-order valence-corrected chi connectivity index (χ0v) is 15.6. The summed E-state index contributed by atoms with van der Waals surface area (Å²) in [6.45, 7) is -0.723. The summed E-state index contributed by atoms with van der Waals surface area (Å²) in [5.74, 6) is -2.60. The van der Waals surface area contributed by atoms with Crippen LogP contribution in [-0.4, -0.2) is 90.3 Å². The monoisotopic (exact) mass is 386 g/mol. The smallest absolute Gasteiger partial charge is 0.331 e. The van der Waals surface area contributed by atoms with Crippen LogP contribution >= 0.6 is 0 Å². The van der Waals surface area contributed by atoms with Gasteiger partial charge in [-0.15, -0.1) is 0 Å². The molecule has 0 saturated carbocycles. The Morgan fingerprint density at radius 1 is 0.750 bits per heavy atom. The predicted octanol–water partition coefficient (Wildman–Crippen LogP) is -1.59. The first-order chi connectivity index (χ1) is 10.9. The summed E-state index contributed by atoms with van der Waals surface area (Å²) >= 11 is 0. The van der Waals surface area contributed by atoms with E-state index in [1.165, 1.54) is 28.2 Å². The highest BCUT2D eigenvalue weighted by Gasteiger charge is 2.15. The molecule has 0 N–H and O–H groups in total. The van der Waals surface area contributed by atoms with Crippen LogP contribution in [-0.2, 0) is 39.1 Å². The van der Waals surface area contributed by atoms with Gasteiger partial charge in [0.05, 0.1) is 11.5 Å². The lowest BCUT2D eigenvalue weighted by molar-refractivity contribution is -0.139. The second-order valence-electron chi connectivity index (χ2n) is 4.87. The first kappa shape index (κ1) is 22.5. The zero-order valence-electron chi connectivity index (χ0n) is 14.0. The maximum Gasteiger partial charge on any atom is 0.331 e. The molecule has 0 aromatic heterocycles. The van der Waals surface area contributed by atoms with Crippen molar-refractivity contribution in [1.82, 2.24) is 8.61 Å². The minimum Gasteiger partial charge on any atom is -0.461 e. The van der Waals surface area contributed by atoms with Gasteiger partial charge in [0.2, 0.25) is 20.0 Å². The molecule has 140 valence electrons. The Balaban J connectivity index is 4.17. The molecule has 0 aliphatic rings. The Morgan fingerprint density at radius 3 is 1.29 bits per heavy atom. The number of rotatable bonds is 10. The average Bonchev–Trinajstić information content (AvgIpc) is 2.44. The topological polar surface area (TPSA) is 127 Å². The lowest BCUT2D eigenvalue weighted by Crippen LogP contribution is -2.28. The van der Waals surface area contributed by atoms with Crippen LogP contribution in [0, 0.1) is 0 Å². The van der Waals surface area contributed by atoms with Crippen LogP contribution in [0.5, 0.6) is 0 Å². The molecule has 0 spiro atoms. The number of hydrogen-bond acceptors (Lipinski definition) is 8. The third kappa shape index (κ3) is 8.96. The highest BCUT2D eigenvalue weighted by molar-refractivity contribution is 7.89. The highest BCUT2D eigenvalue weighted by atomic mass is 32.2. The van der Waals surface area contributed by atoms with Crippen LogP contribution in [0.4, 0.5) is 0 Å². The molecule has 24 heavy (non-hydrogen) atoms. The average molecular weight is 386 g/mol. The lowest BCUT2D eigenvalue weighted by atomic mass is 10.5. The molecule has 0 heterocycles. The van der Waals surface area contributed by atoms with Gasteiger partial charge in [0, 0.05) is 40.3 Å². The van der Waals surface area contributed by atoms with Crippen molar-refractivity contribution in [3.8, 4) is 0 Å². The van der Waals surface area contributed by atoms with Gasteiger partial charge in [-0.2, -0.15) is 0 Å². The number of ether oxygens (including phenoxy) is 2. The summed E-state index contributed by atoms with van der Waals surface area (Å²) in [7, 11) is -1.55. The second-order valence-corrected chi connectivity index (χ2v) is 9.47. The van der Waals surface area contributed by atoms with Crippen LogP contribution in [0.15, 0.2) is 12.2 Å². The van der Waals surface area contributed by atoms with E-state index in [4.69, 9.17) is 0 Å². The third-order valence-electron chi connectivity index (χ3n) is 2.64. The minimum absolute atomic E-state index is 0.361. The molecule has 0 bridgehead atoms. The van der Waals surface area contributed by atoms with Crippen molar-refractivity contribution in [2.75, 3.05) is 52.9 Å². The number of hydrogen-bond donors (Lipinski definition) is 0. The van der Waals surface area contributed by atoms with E-state index in [1.807, 2.05) is 0 Å². The Kier molecular flexibility index (Phi) is 9.11. The molecule has 0 aliphatic heterocycles. The molecule has 0 aromatic rings. The fourth-order valence-electron chi connectivity index (χ4n) is 1.09. The normalized spacial score (nSPS) is 12.8. The van der Waals surface area contributed by atoms with Gasteiger partial charge in [0.1, 0.15) is 13.2 Å². The van der Waals surface area contributed by atoms with Gasteiger partial charge in [0.15, 0.2) is 0 Å². The summed E-state index contributed by atoms with van der Waals surface area (Å²) in [5.41, 5.74) is 0. The van der Waals surface area contributed by atoms with E-state index < -0.39 is 32.0 Å². The van der Waals surface area contributed by atoms with Crippen molar-refractivity contribution >= 4 is 32.0 Å². The molecule has 0 saturated heterocycles. The molecule has 0 rings (SSSR count). The van der Waals surface area contributed by atoms with Crippen LogP contribution in [0.25, 0.3) is 0 Å². The summed E-state index contributed by atoms with van der Waals surface area (Å²) in [6.07, 6.45) is 1.54. The van der Waals surface area contributed by atoms with Crippen molar-refractivity contribution in [3.63, 3.8) is 0 Å². The van der Waals surface area contributed by atoms with Crippen LogP contribution in [0.1, 0.15) is 0 Å². The molecule has 12 heteroatoms. The van der Waals surface area contributed by atoms with E-state index in [2.05, 4.69) is 9.47 Å². The predicted molar refractivity (Wildman–Crippen MR) is 86.0 cm³/mol. The molecule has 0 aliphatic carbocycles. The molecule has 10 nitrogen and oxygen atoms in total. The van der Waals surface area contributed by atoms with E-state index in [9.17, 15) is 26.4 Å². The fraction of sp³-hybridized carbons (Fsp3) is 0.667. The SMILES string of the molecule is CN(C)S(=O)(=O)CCOC(=O)/C=C/C(=O)OCCS(=O)(=O)N(C)C. The van der Waals surface area contributed by atoms with Crippen molar-refractivity contribution in [3.05, 3.63) is 12.2 Å². The second kappa shape index (κ2) is 9.71. The Bertz CT molecular complexity index is 607. The van der Waals surface area contributed by atoms with Gasteiger partial charge < -0.3 is 9.47 Å². The van der Waals surface area contributed by atoms with Gasteiger partial charge in [-0.1, -0.05) is 0 Å². The number of nitrogens with zero attached hydrogens (tertiary/aromatic N) is 2. The highest BCUT2D eigenvalue weighted by Crippen LogP contribution is 1.96. The van der Waals surface area contributed by atoms with Gasteiger partial charge >= 0.3 is 11.9 Å². The van der Waals surface area contributed by atoms with Gasteiger partial charge in [-0.3, -0.25) is 0 Å². The standard InChI is InChI=1S/C12H22N2O8S2/c1-13(2)23(17,18)9-7-21-11(15)5-6-12(16)22-8-10-24(19,20)14(3)4/h5-6H,7-10H2,1-4H3/b6-5+. The third-order valence-corrected chi connectivity index (χ3v) is 6.23. The molecule has 0 radical (unpaired) electrons. The first-order valence-electron chi connectivity index (χ1n) is 6.70. The maximum absolute atomic E-state index is 11.4. The van der Waals surface area contributed by atoms with E-state index in [0.717, 1.165) is 20.8 Å². The molecule has 0 fully saturated rings. The van der Waals surface area contributed by atoms with Gasteiger partial charge in [-0.05, 0) is 0 Å². The van der Waals surface area contributed by atoms with E-state index in [0.29, 0.717) is 0 Å². The number of esters is 2. The summed E-state index contributed by atoms with van der Waals surface area (Å²) in [4.78, 5) is 22.6. The van der Waals surface area contributed by atoms with Gasteiger partial charge in [-0.25, -0.2) is 35.0 Å². The Hall–Kier alpha value is -1.50. The van der Waals surface area contributed by atoms with E-state index >= 15 is 0 Å². The lowest BCUT2D eigenvalue weighted by Gasteiger charge is -2.10. The molecular formula is C12H22N2O8S2. The molecule has 0 unspecified atom stereocenters. The fourth-order valence-corrected chi connectivity index (χ4v) is 2.41. The number of carbonyl (C=O) groups is 2. The maximum atomic E-state index is 11.4. The zero-order chi connectivity index (χ0) is 19.0. The Morgan fingerprint density at radius 2 is 1.04 bits per heavy atom. The van der Waals surface area contributed by atoms with Crippen molar-refractivity contribution in [1.29, 1.82) is 0 Å². The summed E-state index contributed by atoms with van der Waals surface area (Å²) in [6, 6.07) is 0. The van der Waals surface area contributed by atoms with Crippen LogP contribution in [0.3, 0.4) is 0 Å². The first-order valence-corrected chi connectivity index (χ1v) is 9.92. The number of carbonyl (C=O) groups excluding carboxylic acids is 2. The molecular weight excluding hydrogens is 364 g/mol. The van der Waals surface area contributed by atoms with Crippen LogP contribution < -0.4 is 0 Å². The van der Waals surface area contributed by atoms with Crippen molar-refractivity contribution in [2.24, 2.45) is 0 Å². The summed E-state index contributed by atoms with van der Waals surface area (Å²) in [5, 5.41) is 0. The molecule has 0 aromatic carbocycles. The minimum atomic E-state index is -3.48. The van der Waals surface area contributed by atoms with Crippen molar-refractivity contribution < 1.29 is 35.9 Å². The molecule has 0 atom stereocenters. The van der Waals surface area contributed by atoms with E-state index in [1.54, 1.807) is 0 Å². The van der Waals surface area contributed by atoms with E-state index in [-0.39, 0.29) is 24.7 Å². The number of sulfonamides is 2. The van der Waals surface area contributed by atoms with Gasteiger partial charge in [0.25, 0.3) is 0 Å². The van der Waals surface area contributed by atoms with Crippen LogP contribution in [0.2, 0.25) is 0 Å².